The lowest BCUT2D eigenvalue weighted by Gasteiger charge is -2.09. The Morgan fingerprint density at radius 3 is 2.62 bits per heavy atom. The molecule has 1 heterocycles. The van der Waals surface area contributed by atoms with E-state index in [1.807, 2.05) is 39.0 Å². The van der Waals surface area contributed by atoms with E-state index in [2.05, 4.69) is 32.7 Å². The molecule has 29 heavy (non-hydrogen) atoms. The number of rotatable bonds is 7. The maximum atomic E-state index is 12.3. The minimum Gasteiger partial charge on any atom is -0.451 e. The van der Waals surface area contributed by atoms with Crippen molar-refractivity contribution >= 4 is 39.6 Å². The Labute approximate surface area is 179 Å². The van der Waals surface area contributed by atoms with Crippen LogP contribution in [-0.4, -0.2) is 23.1 Å². The largest absolute Gasteiger partial charge is 0.451 e. The van der Waals surface area contributed by atoms with E-state index >= 15 is 0 Å². The molecule has 2 aromatic rings. The summed E-state index contributed by atoms with van der Waals surface area (Å²) in [4.78, 5) is 24.4. The molecule has 0 fully saturated rings. The van der Waals surface area contributed by atoms with Gasteiger partial charge in [-0.05, 0) is 68.7 Å². The van der Waals surface area contributed by atoms with Crippen LogP contribution in [0.1, 0.15) is 35.9 Å². The molecule has 0 aliphatic carbocycles. The average molecular weight is 458 g/mol. The standard InChI is InChI=1S/C22H24BrN3O3/c1-5-8-26-15(3)10-17(16(26)4)11-18(12-24)22(28)29-13-21(27)25-20-7-6-19(23)9-14(20)2/h6-7,9-11H,5,8,13H2,1-4H3,(H,25,27)/b18-11+. The van der Waals surface area contributed by atoms with E-state index in [4.69, 9.17) is 4.74 Å². The van der Waals surface area contributed by atoms with E-state index in [1.165, 1.54) is 6.08 Å². The normalized spacial score (nSPS) is 11.1. The van der Waals surface area contributed by atoms with Crippen molar-refractivity contribution in [3.63, 3.8) is 0 Å². The van der Waals surface area contributed by atoms with Gasteiger partial charge in [0.1, 0.15) is 11.6 Å². The lowest BCUT2D eigenvalue weighted by atomic mass is 10.1. The molecule has 1 amide bonds. The van der Waals surface area contributed by atoms with Gasteiger partial charge in [0.05, 0.1) is 0 Å². The van der Waals surface area contributed by atoms with Crippen molar-refractivity contribution in [2.45, 2.75) is 40.7 Å². The Kier molecular flexibility index (Phi) is 7.80. The van der Waals surface area contributed by atoms with Crippen LogP contribution in [-0.2, 0) is 20.9 Å². The first-order valence-corrected chi connectivity index (χ1v) is 10.1. The molecule has 0 radical (unpaired) electrons. The molecular formula is C22H24BrN3O3. The molecule has 1 aromatic heterocycles. The highest BCUT2D eigenvalue weighted by Crippen LogP contribution is 2.21. The number of anilines is 1. The zero-order chi connectivity index (χ0) is 21.6. The molecule has 0 aliphatic rings. The van der Waals surface area contributed by atoms with Crippen LogP contribution in [0.3, 0.4) is 0 Å². The smallest absolute Gasteiger partial charge is 0.349 e. The van der Waals surface area contributed by atoms with Crippen LogP contribution in [0.2, 0.25) is 0 Å². The predicted molar refractivity (Wildman–Crippen MR) is 116 cm³/mol. The number of nitrogens with one attached hydrogen (secondary N) is 1. The first kappa shape index (κ1) is 22.4. The van der Waals surface area contributed by atoms with Crippen LogP contribution in [0.15, 0.2) is 34.3 Å². The molecule has 152 valence electrons. The summed E-state index contributed by atoms with van der Waals surface area (Å²) in [5.41, 5.74) is 4.19. The van der Waals surface area contributed by atoms with Gasteiger partial charge in [0, 0.05) is 28.1 Å². The fraction of sp³-hybridized carbons (Fsp3) is 0.318. The number of aryl methyl sites for hydroxylation is 2. The SMILES string of the molecule is CCCn1c(C)cc(/C=C(\C#N)C(=O)OCC(=O)Nc2ccc(Br)cc2C)c1C. The summed E-state index contributed by atoms with van der Waals surface area (Å²) in [7, 11) is 0. The number of nitriles is 1. The number of aromatic nitrogens is 1. The predicted octanol–water partition coefficient (Wildman–Crippen LogP) is 4.67. The number of hydrogen-bond donors (Lipinski definition) is 1. The van der Waals surface area contributed by atoms with Crippen molar-refractivity contribution in [2.75, 3.05) is 11.9 Å². The monoisotopic (exact) mass is 457 g/mol. The second-order valence-corrected chi connectivity index (χ2v) is 7.65. The second kappa shape index (κ2) is 10.1. The van der Waals surface area contributed by atoms with Crippen LogP contribution in [0.5, 0.6) is 0 Å². The van der Waals surface area contributed by atoms with Crippen molar-refractivity contribution in [1.82, 2.24) is 4.57 Å². The van der Waals surface area contributed by atoms with Crippen LogP contribution in [0.25, 0.3) is 6.08 Å². The van der Waals surface area contributed by atoms with Crippen molar-refractivity contribution < 1.29 is 14.3 Å². The maximum absolute atomic E-state index is 12.3. The number of hydrogen-bond acceptors (Lipinski definition) is 4. The number of amides is 1. The third-order valence-corrected chi connectivity index (χ3v) is 4.99. The Bertz CT molecular complexity index is 999. The van der Waals surface area contributed by atoms with Gasteiger partial charge in [0.25, 0.3) is 5.91 Å². The highest BCUT2D eigenvalue weighted by molar-refractivity contribution is 9.10. The summed E-state index contributed by atoms with van der Waals surface area (Å²) in [6.07, 6.45) is 2.49. The van der Waals surface area contributed by atoms with Gasteiger partial charge in [-0.3, -0.25) is 4.79 Å². The molecule has 0 saturated heterocycles. The summed E-state index contributed by atoms with van der Waals surface area (Å²) in [6, 6.07) is 9.23. The van der Waals surface area contributed by atoms with Gasteiger partial charge in [0.2, 0.25) is 0 Å². The molecule has 0 bridgehead atoms. The van der Waals surface area contributed by atoms with Gasteiger partial charge in [0.15, 0.2) is 6.61 Å². The lowest BCUT2D eigenvalue weighted by molar-refractivity contribution is -0.142. The third-order valence-electron chi connectivity index (χ3n) is 4.50. The average Bonchev–Trinajstić information content (AvgIpc) is 2.94. The fourth-order valence-electron chi connectivity index (χ4n) is 3.00. The van der Waals surface area contributed by atoms with Crippen LogP contribution in [0.4, 0.5) is 5.69 Å². The minimum atomic E-state index is -0.824. The molecule has 0 spiro atoms. The molecule has 7 heteroatoms. The summed E-state index contributed by atoms with van der Waals surface area (Å²) < 4.78 is 8.07. The van der Waals surface area contributed by atoms with E-state index in [-0.39, 0.29) is 5.57 Å². The zero-order valence-electron chi connectivity index (χ0n) is 17.0. The number of benzene rings is 1. The van der Waals surface area contributed by atoms with E-state index < -0.39 is 18.5 Å². The van der Waals surface area contributed by atoms with Crippen LogP contribution >= 0.6 is 15.9 Å². The lowest BCUT2D eigenvalue weighted by Crippen LogP contribution is -2.21. The first-order chi connectivity index (χ1) is 13.8. The molecule has 0 aliphatic heterocycles. The number of carbonyl (C=O) groups is 2. The topological polar surface area (TPSA) is 84.1 Å². The van der Waals surface area contributed by atoms with Gasteiger partial charge < -0.3 is 14.6 Å². The third kappa shape index (κ3) is 5.81. The van der Waals surface area contributed by atoms with Gasteiger partial charge in [-0.1, -0.05) is 22.9 Å². The van der Waals surface area contributed by atoms with Gasteiger partial charge in [-0.25, -0.2) is 4.79 Å². The van der Waals surface area contributed by atoms with Gasteiger partial charge in [-0.2, -0.15) is 5.26 Å². The summed E-state index contributed by atoms with van der Waals surface area (Å²) in [6.45, 7) is 8.28. The summed E-state index contributed by atoms with van der Waals surface area (Å²) in [5, 5.41) is 12.1. The number of nitrogens with zero attached hydrogens (tertiary/aromatic N) is 2. The molecule has 1 aromatic carbocycles. The highest BCUT2D eigenvalue weighted by atomic mass is 79.9. The van der Waals surface area contributed by atoms with Gasteiger partial charge >= 0.3 is 5.97 Å². The number of halogens is 1. The Morgan fingerprint density at radius 1 is 1.28 bits per heavy atom. The summed E-state index contributed by atoms with van der Waals surface area (Å²) >= 11 is 3.36. The van der Waals surface area contributed by atoms with Crippen molar-refractivity contribution in [3.8, 4) is 6.07 Å². The molecule has 0 atom stereocenters. The molecule has 0 unspecified atom stereocenters. The highest BCUT2D eigenvalue weighted by Gasteiger charge is 2.16. The van der Waals surface area contributed by atoms with E-state index in [0.29, 0.717) is 5.69 Å². The Balaban J connectivity index is 2.05. The first-order valence-electron chi connectivity index (χ1n) is 9.28. The van der Waals surface area contributed by atoms with Crippen LogP contribution < -0.4 is 5.32 Å². The maximum Gasteiger partial charge on any atom is 0.349 e. The Morgan fingerprint density at radius 2 is 2.00 bits per heavy atom. The van der Waals surface area contributed by atoms with Crippen molar-refractivity contribution in [3.05, 3.63) is 56.8 Å². The number of carbonyl (C=O) groups excluding carboxylic acids is 2. The van der Waals surface area contributed by atoms with E-state index in [1.54, 1.807) is 12.1 Å². The zero-order valence-corrected chi connectivity index (χ0v) is 18.6. The molecule has 2 rings (SSSR count). The number of ether oxygens (including phenoxy) is 1. The van der Waals surface area contributed by atoms with E-state index in [0.717, 1.165) is 40.0 Å². The van der Waals surface area contributed by atoms with Gasteiger partial charge in [-0.15, -0.1) is 0 Å². The molecular weight excluding hydrogens is 434 g/mol. The molecule has 0 saturated carbocycles. The molecule has 6 nitrogen and oxygen atoms in total. The second-order valence-electron chi connectivity index (χ2n) is 6.73. The van der Waals surface area contributed by atoms with E-state index in [9.17, 15) is 14.9 Å². The quantitative estimate of drug-likeness (QED) is 0.371. The summed E-state index contributed by atoms with van der Waals surface area (Å²) in [5.74, 6) is -1.29. The fourth-order valence-corrected chi connectivity index (χ4v) is 3.47. The Hall–Kier alpha value is -2.85. The van der Waals surface area contributed by atoms with Crippen molar-refractivity contribution in [2.24, 2.45) is 0 Å². The number of esters is 1. The minimum absolute atomic E-state index is 0.144. The van der Waals surface area contributed by atoms with Crippen LogP contribution in [0, 0.1) is 32.1 Å². The van der Waals surface area contributed by atoms with Crippen molar-refractivity contribution in [1.29, 1.82) is 5.26 Å². The molecule has 1 N–H and O–H groups in total.